The second kappa shape index (κ2) is 9.51. The Balaban J connectivity index is 1.49. The Hall–Kier alpha value is -3.67. The summed E-state index contributed by atoms with van der Waals surface area (Å²) < 4.78 is 62.3. The molecule has 2 fully saturated rings. The molecule has 2 aliphatic heterocycles. The number of nitrogens with zero attached hydrogens (tertiary/aromatic N) is 4. The molecule has 2 aliphatic rings. The second-order valence-corrected chi connectivity index (χ2v) is 12.2. The Morgan fingerprint density at radius 2 is 1.59 bits per heavy atom. The molecule has 3 aromatic rings. The third-order valence-corrected chi connectivity index (χ3v) is 8.83. The number of carbonyl (C=O) groups excluding carboxylic acids is 2. The number of piperidine rings is 1. The number of urea groups is 1. The summed E-state index contributed by atoms with van der Waals surface area (Å²) in [5.74, 6) is 0.228. The highest BCUT2D eigenvalue weighted by atomic mass is 32.2. The number of alkyl halides is 3. The first-order chi connectivity index (χ1) is 18.3. The number of sulfone groups is 1. The fraction of sp³-hybridized carbons (Fsp3) is 0.370. The molecule has 12 heteroatoms. The van der Waals surface area contributed by atoms with Crippen LogP contribution >= 0.6 is 0 Å². The maximum absolute atomic E-state index is 13.6. The molecule has 0 aliphatic carbocycles. The average molecular weight is 561 g/mol. The summed E-state index contributed by atoms with van der Waals surface area (Å²) in [6, 6.07) is 12.4. The van der Waals surface area contributed by atoms with Crippen LogP contribution in [0.5, 0.6) is 0 Å². The molecule has 5 rings (SSSR count). The van der Waals surface area contributed by atoms with Gasteiger partial charge in [-0.25, -0.2) is 23.1 Å². The maximum Gasteiger partial charge on any atom is 0.501 e. The smallest absolute Gasteiger partial charge is 0.357 e. The first kappa shape index (κ1) is 26.9. The van der Waals surface area contributed by atoms with E-state index < -0.39 is 37.7 Å². The van der Waals surface area contributed by atoms with Gasteiger partial charge in [-0.3, -0.25) is 4.79 Å². The molecule has 3 heterocycles. The van der Waals surface area contributed by atoms with E-state index in [0.29, 0.717) is 0 Å². The fourth-order valence-corrected chi connectivity index (χ4v) is 5.82. The van der Waals surface area contributed by atoms with Crippen LogP contribution in [0.25, 0.3) is 10.9 Å². The number of anilines is 2. The third kappa shape index (κ3) is 4.60. The molecule has 2 aromatic carbocycles. The van der Waals surface area contributed by atoms with Crippen molar-refractivity contribution < 1.29 is 31.2 Å². The normalized spacial score (nSPS) is 18.3. The molecular weight excluding hydrogens is 533 g/mol. The molecule has 0 unspecified atom stereocenters. The first-order valence-electron chi connectivity index (χ1n) is 12.5. The Morgan fingerprint density at radius 1 is 0.949 bits per heavy atom. The summed E-state index contributed by atoms with van der Waals surface area (Å²) in [5.41, 5.74) is -5.18. The Morgan fingerprint density at radius 3 is 2.23 bits per heavy atom. The van der Waals surface area contributed by atoms with E-state index in [2.05, 4.69) is 4.90 Å². The second-order valence-electron chi connectivity index (χ2n) is 10.2. The molecule has 1 aromatic heterocycles. The van der Waals surface area contributed by atoms with Gasteiger partial charge in [0, 0.05) is 25.0 Å². The van der Waals surface area contributed by atoms with Crippen molar-refractivity contribution in [2.45, 2.75) is 55.6 Å². The van der Waals surface area contributed by atoms with Crippen molar-refractivity contribution in [1.29, 1.82) is 0 Å². The van der Waals surface area contributed by atoms with Crippen molar-refractivity contribution in [2.24, 2.45) is 0 Å². The number of pyridine rings is 1. The number of hydrogen-bond acceptors (Lipinski definition) is 6. The lowest BCUT2D eigenvalue weighted by Gasteiger charge is -2.30. The van der Waals surface area contributed by atoms with Gasteiger partial charge in [0.15, 0.2) is 0 Å². The zero-order valence-electron chi connectivity index (χ0n) is 21.4. The summed E-state index contributed by atoms with van der Waals surface area (Å²) in [6.45, 7) is 5.06. The van der Waals surface area contributed by atoms with Gasteiger partial charge in [0.1, 0.15) is 11.4 Å². The highest BCUT2D eigenvalue weighted by Crippen LogP contribution is 2.37. The van der Waals surface area contributed by atoms with Crippen molar-refractivity contribution in [2.75, 3.05) is 22.9 Å². The Labute approximate surface area is 223 Å². The Kier molecular flexibility index (Phi) is 6.56. The SMILES string of the molecule is CC1(C)C(=O)N(c2ccc(S(=O)(=O)C(F)(F)F)cc2)C(=O)N1Cc1cc(N2CCCCC2)nc2ccccc12. The summed E-state index contributed by atoms with van der Waals surface area (Å²) in [5, 5.41) is 0.842. The molecular formula is C27H27F3N4O4S. The molecule has 0 radical (unpaired) electrons. The van der Waals surface area contributed by atoms with Gasteiger partial charge in [0.05, 0.1) is 16.1 Å². The maximum atomic E-state index is 13.6. The summed E-state index contributed by atoms with van der Waals surface area (Å²) in [4.78, 5) is 35.4. The van der Waals surface area contributed by atoms with Crippen molar-refractivity contribution in [3.8, 4) is 0 Å². The van der Waals surface area contributed by atoms with E-state index >= 15 is 0 Å². The minimum atomic E-state index is -5.56. The van der Waals surface area contributed by atoms with Crippen LogP contribution in [0, 0.1) is 0 Å². The molecule has 2 saturated heterocycles. The lowest BCUT2D eigenvalue weighted by atomic mass is 10.0. The predicted octanol–water partition coefficient (Wildman–Crippen LogP) is 5.27. The predicted molar refractivity (Wildman–Crippen MR) is 140 cm³/mol. The third-order valence-electron chi connectivity index (χ3n) is 7.33. The van der Waals surface area contributed by atoms with Crippen LogP contribution in [-0.2, 0) is 21.2 Å². The molecule has 0 spiro atoms. The van der Waals surface area contributed by atoms with Gasteiger partial charge in [-0.15, -0.1) is 0 Å². The van der Waals surface area contributed by atoms with Crippen LogP contribution < -0.4 is 9.80 Å². The molecule has 0 saturated carbocycles. The zero-order valence-corrected chi connectivity index (χ0v) is 22.2. The van der Waals surface area contributed by atoms with Gasteiger partial charge >= 0.3 is 11.5 Å². The number of para-hydroxylation sites is 1. The van der Waals surface area contributed by atoms with Crippen LogP contribution in [0.3, 0.4) is 0 Å². The van der Waals surface area contributed by atoms with E-state index in [1.165, 1.54) is 4.90 Å². The number of imide groups is 1. The molecule has 0 atom stereocenters. The number of fused-ring (bicyclic) bond motifs is 1. The van der Waals surface area contributed by atoms with Gasteiger partial charge in [-0.2, -0.15) is 13.2 Å². The van der Waals surface area contributed by atoms with Crippen LogP contribution in [0.4, 0.5) is 29.5 Å². The fourth-order valence-electron chi connectivity index (χ4n) is 5.05. The summed E-state index contributed by atoms with van der Waals surface area (Å²) in [6.07, 6.45) is 3.29. The number of carbonyl (C=O) groups is 2. The van der Waals surface area contributed by atoms with Gasteiger partial charge in [-0.05, 0) is 75.1 Å². The van der Waals surface area contributed by atoms with Crippen LogP contribution in [0.15, 0.2) is 59.5 Å². The van der Waals surface area contributed by atoms with Gasteiger partial charge in [-0.1, -0.05) is 18.2 Å². The van der Waals surface area contributed by atoms with E-state index in [1.807, 2.05) is 30.3 Å². The number of rotatable bonds is 5. The highest BCUT2D eigenvalue weighted by molar-refractivity contribution is 7.92. The van der Waals surface area contributed by atoms with E-state index in [1.54, 1.807) is 13.8 Å². The molecule has 0 N–H and O–H groups in total. The monoisotopic (exact) mass is 560 g/mol. The lowest BCUT2D eigenvalue weighted by molar-refractivity contribution is -0.123. The largest absolute Gasteiger partial charge is 0.501 e. The van der Waals surface area contributed by atoms with Crippen LogP contribution in [0.2, 0.25) is 0 Å². The number of hydrogen-bond donors (Lipinski definition) is 0. The molecule has 8 nitrogen and oxygen atoms in total. The van der Waals surface area contributed by atoms with Crippen molar-refractivity contribution >= 4 is 44.2 Å². The summed E-state index contributed by atoms with van der Waals surface area (Å²) in [7, 11) is -5.56. The molecule has 39 heavy (non-hydrogen) atoms. The van der Waals surface area contributed by atoms with Gasteiger partial charge < -0.3 is 9.80 Å². The quantitative estimate of drug-likeness (QED) is 0.395. The average Bonchev–Trinajstić information content (AvgIpc) is 3.07. The van der Waals surface area contributed by atoms with E-state index in [4.69, 9.17) is 4.98 Å². The van der Waals surface area contributed by atoms with E-state index in [9.17, 15) is 31.2 Å². The molecule has 206 valence electrons. The Bertz CT molecular complexity index is 1550. The highest BCUT2D eigenvalue weighted by Gasteiger charge is 2.52. The minimum Gasteiger partial charge on any atom is -0.357 e. The summed E-state index contributed by atoms with van der Waals surface area (Å²) >= 11 is 0. The zero-order chi connectivity index (χ0) is 28.2. The van der Waals surface area contributed by atoms with Crippen molar-refractivity contribution in [1.82, 2.24) is 9.88 Å². The van der Waals surface area contributed by atoms with Crippen LogP contribution in [-0.4, -0.2) is 54.4 Å². The number of amides is 3. The standard InChI is InChI=1S/C27H27F3N4O4S/c1-26(2)24(35)34(19-10-12-20(13-11-19)39(37,38)27(28,29)30)25(36)33(26)17-18-16-23(32-14-6-3-7-15-32)31-22-9-5-4-8-21(18)22/h4-5,8-13,16H,3,6-7,14-15,17H2,1-2H3. The molecule has 3 amide bonds. The molecule has 0 bridgehead atoms. The topological polar surface area (TPSA) is 90.9 Å². The van der Waals surface area contributed by atoms with Crippen molar-refractivity contribution in [3.05, 3.63) is 60.2 Å². The number of benzene rings is 2. The minimum absolute atomic E-state index is 0.0182. The lowest BCUT2D eigenvalue weighted by Crippen LogP contribution is -2.43. The first-order valence-corrected chi connectivity index (χ1v) is 14.0. The number of aromatic nitrogens is 1. The van der Waals surface area contributed by atoms with E-state index in [0.717, 1.165) is 83.8 Å². The van der Waals surface area contributed by atoms with E-state index in [-0.39, 0.29) is 12.2 Å². The number of halogens is 3. The van der Waals surface area contributed by atoms with Crippen LogP contribution in [0.1, 0.15) is 38.7 Å². The van der Waals surface area contributed by atoms with Crippen molar-refractivity contribution in [3.63, 3.8) is 0 Å². The van der Waals surface area contributed by atoms with Gasteiger partial charge in [0.25, 0.3) is 15.7 Å². The van der Waals surface area contributed by atoms with Gasteiger partial charge in [0.2, 0.25) is 0 Å².